The maximum Gasteiger partial charge on any atom is 0.243 e. The summed E-state index contributed by atoms with van der Waals surface area (Å²) in [5, 5.41) is 27.4. The normalized spacial score (nSPS) is 26.6. The van der Waals surface area contributed by atoms with Gasteiger partial charge in [0.25, 0.3) is 0 Å². The minimum Gasteiger partial charge on any atom is -0.291 e. The molecule has 1 heterocycles. The highest BCUT2D eigenvalue weighted by Gasteiger charge is 2.62. The molecule has 4 atom stereocenters. The van der Waals surface area contributed by atoms with Crippen LogP contribution in [0.3, 0.4) is 0 Å². The molecule has 2 aromatic carbocycles. The summed E-state index contributed by atoms with van der Waals surface area (Å²) in [4.78, 5) is 23.3. The largest absolute Gasteiger partial charge is 0.291 e. The van der Waals surface area contributed by atoms with Gasteiger partial charge < -0.3 is 0 Å². The highest BCUT2D eigenvalue weighted by Crippen LogP contribution is 2.46. The van der Waals surface area contributed by atoms with Crippen molar-refractivity contribution in [2.24, 2.45) is 5.41 Å². The number of hydrogen-bond donors (Lipinski definition) is 1. The van der Waals surface area contributed by atoms with Gasteiger partial charge in [0.15, 0.2) is 0 Å². The SMILES string of the molecule is Cc1cccc([C@H]2N[C@H](c3cccc(C)c3)[C@H]([N+](=O)[O-])C(C)(C)[C@H]2[N+](=O)[O-])c1. The number of nitrogens with zero attached hydrogens (tertiary/aromatic N) is 2. The lowest BCUT2D eigenvalue weighted by atomic mass is 9.66. The monoisotopic (exact) mass is 383 g/mol. The van der Waals surface area contributed by atoms with Crippen LogP contribution in [0.4, 0.5) is 0 Å². The Morgan fingerprint density at radius 2 is 1.21 bits per heavy atom. The zero-order valence-corrected chi connectivity index (χ0v) is 16.5. The van der Waals surface area contributed by atoms with Crippen LogP contribution in [0.5, 0.6) is 0 Å². The molecule has 2 aromatic rings. The topological polar surface area (TPSA) is 98.3 Å². The summed E-state index contributed by atoms with van der Waals surface area (Å²) in [6, 6.07) is 11.5. The summed E-state index contributed by atoms with van der Waals surface area (Å²) in [7, 11) is 0. The average Bonchev–Trinajstić information content (AvgIpc) is 2.59. The van der Waals surface area contributed by atoms with Crippen LogP contribution in [0.25, 0.3) is 0 Å². The molecule has 1 saturated heterocycles. The van der Waals surface area contributed by atoms with Gasteiger partial charge in [-0.3, -0.25) is 25.5 Å². The van der Waals surface area contributed by atoms with E-state index < -0.39 is 29.6 Å². The lowest BCUT2D eigenvalue weighted by Gasteiger charge is -2.44. The van der Waals surface area contributed by atoms with Crippen LogP contribution in [0.15, 0.2) is 48.5 Å². The first kappa shape index (κ1) is 19.9. The van der Waals surface area contributed by atoms with Crippen molar-refractivity contribution in [3.05, 3.63) is 91.0 Å². The Balaban J connectivity index is 2.18. The summed E-state index contributed by atoms with van der Waals surface area (Å²) < 4.78 is 0. The number of piperidine rings is 1. The molecular formula is C21H25N3O4. The van der Waals surface area contributed by atoms with Crippen molar-refractivity contribution >= 4 is 0 Å². The fraction of sp³-hybridized carbons (Fsp3) is 0.429. The third-order valence-electron chi connectivity index (χ3n) is 5.77. The highest BCUT2D eigenvalue weighted by molar-refractivity contribution is 5.32. The molecule has 148 valence electrons. The van der Waals surface area contributed by atoms with Crippen molar-refractivity contribution in [1.29, 1.82) is 0 Å². The van der Waals surface area contributed by atoms with Crippen LogP contribution >= 0.6 is 0 Å². The molecule has 0 amide bonds. The summed E-state index contributed by atoms with van der Waals surface area (Å²) in [6.45, 7) is 7.13. The van der Waals surface area contributed by atoms with Gasteiger partial charge in [0.2, 0.25) is 12.1 Å². The zero-order chi connectivity index (χ0) is 20.6. The molecule has 7 heteroatoms. The standard InChI is InChI=1S/C21H25N3O4/c1-13-7-5-9-15(11-13)17-19(23(25)26)21(3,4)20(24(27)28)18(22-17)16-10-6-8-14(2)12-16/h5-12,17-20,22H,1-4H3/t17-,18-,19+,20+/m1/s1. The second-order valence-electron chi connectivity index (χ2n) is 8.23. The van der Waals surface area contributed by atoms with Gasteiger partial charge in [0, 0.05) is 9.85 Å². The van der Waals surface area contributed by atoms with E-state index in [1.54, 1.807) is 13.8 Å². The quantitative estimate of drug-likeness (QED) is 0.635. The van der Waals surface area contributed by atoms with Gasteiger partial charge in [-0.1, -0.05) is 59.7 Å². The molecule has 28 heavy (non-hydrogen) atoms. The number of aryl methyl sites for hydroxylation is 2. The van der Waals surface area contributed by atoms with Crippen molar-refractivity contribution in [3.8, 4) is 0 Å². The molecule has 0 unspecified atom stereocenters. The van der Waals surface area contributed by atoms with E-state index >= 15 is 0 Å². The second-order valence-corrected chi connectivity index (χ2v) is 8.23. The third-order valence-corrected chi connectivity index (χ3v) is 5.77. The number of benzene rings is 2. The van der Waals surface area contributed by atoms with Crippen molar-refractivity contribution in [3.63, 3.8) is 0 Å². The fourth-order valence-electron chi connectivity index (χ4n) is 4.48. The molecule has 1 aliphatic rings. The van der Waals surface area contributed by atoms with E-state index in [9.17, 15) is 20.2 Å². The molecule has 0 aliphatic carbocycles. The van der Waals surface area contributed by atoms with Crippen molar-refractivity contribution < 1.29 is 9.85 Å². The molecule has 7 nitrogen and oxygen atoms in total. The van der Waals surface area contributed by atoms with Gasteiger partial charge in [-0.2, -0.15) is 0 Å². The molecule has 0 bridgehead atoms. The minimum absolute atomic E-state index is 0.372. The van der Waals surface area contributed by atoms with Crippen LogP contribution in [-0.2, 0) is 0 Å². The molecule has 3 rings (SSSR count). The van der Waals surface area contributed by atoms with Gasteiger partial charge in [0.05, 0.1) is 0 Å². The molecule has 1 aliphatic heterocycles. The maximum atomic E-state index is 12.0. The Kier molecular flexibility index (Phi) is 5.21. The fourth-order valence-corrected chi connectivity index (χ4v) is 4.48. The summed E-state index contributed by atoms with van der Waals surface area (Å²) in [5.74, 6) is 0. The van der Waals surface area contributed by atoms with Crippen LogP contribution in [0.1, 0.15) is 48.2 Å². The van der Waals surface area contributed by atoms with E-state index in [2.05, 4.69) is 5.32 Å². The first-order valence-corrected chi connectivity index (χ1v) is 9.29. The van der Waals surface area contributed by atoms with Crippen LogP contribution < -0.4 is 5.32 Å². The Morgan fingerprint density at radius 1 is 0.821 bits per heavy atom. The maximum absolute atomic E-state index is 12.0. The van der Waals surface area contributed by atoms with Gasteiger partial charge in [-0.05, 0) is 38.8 Å². The molecule has 0 spiro atoms. The summed E-state index contributed by atoms with van der Waals surface area (Å²) in [5.41, 5.74) is 2.36. The van der Waals surface area contributed by atoms with E-state index in [0.29, 0.717) is 0 Å². The molecule has 1 fully saturated rings. The van der Waals surface area contributed by atoms with Crippen molar-refractivity contribution in [1.82, 2.24) is 5.32 Å². The van der Waals surface area contributed by atoms with E-state index in [1.165, 1.54) is 0 Å². The van der Waals surface area contributed by atoms with Crippen molar-refractivity contribution in [2.45, 2.75) is 51.9 Å². The average molecular weight is 383 g/mol. The smallest absolute Gasteiger partial charge is 0.243 e. The number of hydrogen-bond acceptors (Lipinski definition) is 5. The first-order valence-electron chi connectivity index (χ1n) is 9.29. The van der Waals surface area contributed by atoms with Crippen LogP contribution in [0, 0.1) is 39.5 Å². The molecular weight excluding hydrogens is 358 g/mol. The predicted octanol–water partition coefficient (Wildman–Crippen LogP) is 4.01. The van der Waals surface area contributed by atoms with Gasteiger partial charge >= 0.3 is 0 Å². The summed E-state index contributed by atoms with van der Waals surface area (Å²) in [6.07, 6.45) is 0. The third kappa shape index (κ3) is 3.49. The highest BCUT2D eigenvalue weighted by atomic mass is 16.6. The first-order chi connectivity index (χ1) is 13.1. The number of nitro groups is 2. The Bertz CT molecular complexity index is 841. The van der Waals surface area contributed by atoms with E-state index in [0.717, 1.165) is 22.3 Å². The summed E-state index contributed by atoms with van der Waals surface area (Å²) >= 11 is 0. The Hall–Kier alpha value is -2.80. The second kappa shape index (κ2) is 7.31. The molecule has 0 radical (unpaired) electrons. The van der Waals surface area contributed by atoms with E-state index in [-0.39, 0.29) is 9.85 Å². The predicted molar refractivity (Wildman–Crippen MR) is 106 cm³/mol. The minimum atomic E-state index is -1.17. The van der Waals surface area contributed by atoms with Crippen LogP contribution in [0.2, 0.25) is 0 Å². The molecule has 0 saturated carbocycles. The van der Waals surface area contributed by atoms with Crippen molar-refractivity contribution in [2.75, 3.05) is 0 Å². The van der Waals surface area contributed by atoms with E-state index in [4.69, 9.17) is 0 Å². The number of nitrogens with one attached hydrogen (secondary N) is 1. The van der Waals surface area contributed by atoms with Gasteiger partial charge in [0.1, 0.15) is 17.5 Å². The van der Waals surface area contributed by atoms with Crippen LogP contribution in [-0.4, -0.2) is 21.9 Å². The van der Waals surface area contributed by atoms with E-state index in [1.807, 2.05) is 62.4 Å². The zero-order valence-electron chi connectivity index (χ0n) is 16.5. The lowest BCUT2D eigenvalue weighted by molar-refractivity contribution is -0.605. The van der Waals surface area contributed by atoms with Gasteiger partial charge in [-0.25, -0.2) is 0 Å². The molecule has 1 N–H and O–H groups in total. The van der Waals surface area contributed by atoms with Gasteiger partial charge in [-0.15, -0.1) is 0 Å². The Labute approximate surface area is 164 Å². The molecule has 0 aromatic heterocycles. The Morgan fingerprint density at radius 3 is 1.54 bits per heavy atom. The lowest BCUT2D eigenvalue weighted by Crippen LogP contribution is -2.63. The number of rotatable bonds is 4.